The second-order valence-corrected chi connectivity index (χ2v) is 3.89. The standard InChI is InChI=1S/C13H13N5/c1-10-3-5-11(6-4-10)18(2)13-7-12(15-8-14)16-9-17-13/h3-7,9H,1-2H3,(H,15,16,17). The molecule has 1 aromatic heterocycles. The van der Waals surface area contributed by atoms with Crippen LogP contribution in [0.25, 0.3) is 0 Å². The maximum atomic E-state index is 8.56. The number of aromatic nitrogens is 2. The molecule has 0 aliphatic heterocycles. The lowest BCUT2D eigenvalue weighted by atomic mass is 10.2. The Morgan fingerprint density at radius 2 is 1.94 bits per heavy atom. The Morgan fingerprint density at radius 3 is 2.61 bits per heavy atom. The average Bonchev–Trinajstić information content (AvgIpc) is 2.39. The number of nitriles is 1. The molecule has 0 aliphatic carbocycles. The van der Waals surface area contributed by atoms with E-state index in [4.69, 9.17) is 5.26 Å². The highest BCUT2D eigenvalue weighted by atomic mass is 15.2. The molecular weight excluding hydrogens is 226 g/mol. The molecule has 1 N–H and O–H groups in total. The first-order valence-electron chi connectivity index (χ1n) is 5.48. The van der Waals surface area contributed by atoms with Crippen molar-refractivity contribution in [3.63, 3.8) is 0 Å². The van der Waals surface area contributed by atoms with Gasteiger partial charge in [0.15, 0.2) is 6.19 Å². The van der Waals surface area contributed by atoms with E-state index in [1.54, 1.807) is 6.07 Å². The molecule has 1 aromatic carbocycles. The van der Waals surface area contributed by atoms with E-state index in [0.717, 1.165) is 11.5 Å². The number of nitrogens with zero attached hydrogens (tertiary/aromatic N) is 4. The van der Waals surface area contributed by atoms with E-state index in [9.17, 15) is 0 Å². The highest BCUT2D eigenvalue weighted by Crippen LogP contribution is 2.22. The summed E-state index contributed by atoms with van der Waals surface area (Å²) in [5.41, 5.74) is 2.24. The number of aryl methyl sites for hydroxylation is 1. The Kier molecular flexibility index (Phi) is 3.39. The van der Waals surface area contributed by atoms with Crippen LogP contribution in [0, 0.1) is 18.4 Å². The summed E-state index contributed by atoms with van der Waals surface area (Å²) in [5, 5.41) is 11.1. The van der Waals surface area contributed by atoms with Gasteiger partial charge in [-0.15, -0.1) is 0 Å². The Morgan fingerprint density at radius 1 is 1.22 bits per heavy atom. The van der Waals surface area contributed by atoms with Gasteiger partial charge in [0.05, 0.1) is 0 Å². The summed E-state index contributed by atoms with van der Waals surface area (Å²) in [6.07, 6.45) is 3.27. The van der Waals surface area contributed by atoms with Crippen LogP contribution in [0.1, 0.15) is 5.56 Å². The first-order chi connectivity index (χ1) is 8.70. The van der Waals surface area contributed by atoms with Crippen LogP contribution in [0.15, 0.2) is 36.7 Å². The molecule has 2 rings (SSSR count). The molecule has 0 saturated carbocycles. The Labute approximate surface area is 106 Å². The zero-order chi connectivity index (χ0) is 13.0. The maximum Gasteiger partial charge on any atom is 0.182 e. The molecule has 0 saturated heterocycles. The third-order valence-electron chi connectivity index (χ3n) is 2.60. The third-order valence-corrected chi connectivity index (χ3v) is 2.60. The van der Waals surface area contributed by atoms with Gasteiger partial charge >= 0.3 is 0 Å². The van der Waals surface area contributed by atoms with Gasteiger partial charge in [-0.2, -0.15) is 5.26 Å². The monoisotopic (exact) mass is 239 g/mol. The lowest BCUT2D eigenvalue weighted by Gasteiger charge is -2.18. The predicted octanol–water partition coefficient (Wildman–Crippen LogP) is 2.45. The fourth-order valence-corrected chi connectivity index (χ4v) is 1.56. The lowest BCUT2D eigenvalue weighted by molar-refractivity contribution is 1.08. The van der Waals surface area contributed by atoms with Gasteiger partial charge in [-0.1, -0.05) is 17.7 Å². The number of benzene rings is 1. The van der Waals surface area contributed by atoms with Gasteiger partial charge in [-0.25, -0.2) is 9.97 Å². The summed E-state index contributed by atoms with van der Waals surface area (Å²) >= 11 is 0. The number of anilines is 3. The fourth-order valence-electron chi connectivity index (χ4n) is 1.56. The zero-order valence-electron chi connectivity index (χ0n) is 10.3. The smallest absolute Gasteiger partial charge is 0.182 e. The van der Waals surface area contributed by atoms with E-state index in [2.05, 4.69) is 15.3 Å². The van der Waals surface area contributed by atoms with Gasteiger partial charge in [-0.3, -0.25) is 5.32 Å². The summed E-state index contributed by atoms with van der Waals surface area (Å²) in [7, 11) is 1.92. The molecule has 0 aliphatic rings. The quantitative estimate of drug-likeness (QED) is 0.658. The molecule has 0 unspecified atom stereocenters. The van der Waals surface area contributed by atoms with Crippen LogP contribution in [0.4, 0.5) is 17.3 Å². The summed E-state index contributed by atoms with van der Waals surface area (Å²) in [6, 6.07) is 9.86. The van der Waals surface area contributed by atoms with E-state index in [-0.39, 0.29) is 0 Å². The van der Waals surface area contributed by atoms with Crippen LogP contribution >= 0.6 is 0 Å². The maximum absolute atomic E-state index is 8.56. The van der Waals surface area contributed by atoms with Crippen LogP contribution < -0.4 is 10.2 Å². The molecule has 18 heavy (non-hydrogen) atoms. The first-order valence-corrected chi connectivity index (χ1v) is 5.48. The van der Waals surface area contributed by atoms with Crippen LogP contribution in [0.2, 0.25) is 0 Å². The van der Waals surface area contributed by atoms with Gasteiger partial charge in [-0.05, 0) is 19.1 Å². The minimum Gasteiger partial charge on any atom is -0.329 e. The van der Waals surface area contributed by atoms with Gasteiger partial charge in [0.25, 0.3) is 0 Å². The van der Waals surface area contributed by atoms with Gasteiger partial charge in [0.1, 0.15) is 18.0 Å². The summed E-state index contributed by atoms with van der Waals surface area (Å²) in [4.78, 5) is 10.1. The highest BCUT2D eigenvalue weighted by molar-refractivity contribution is 5.62. The topological polar surface area (TPSA) is 64.8 Å². The number of rotatable bonds is 3. The molecule has 0 bridgehead atoms. The van der Waals surface area contributed by atoms with Crippen molar-refractivity contribution in [3.8, 4) is 6.19 Å². The largest absolute Gasteiger partial charge is 0.329 e. The predicted molar refractivity (Wildman–Crippen MR) is 70.5 cm³/mol. The summed E-state index contributed by atoms with van der Waals surface area (Å²) in [5.74, 6) is 1.22. The van der Waals surface area contributed by atoms with Crippen molar-refractivity contribution in [1.29, 1.82) is 5.26 Å². The number of hydrogen-bond acceptors (Lipinski definition) is 5. The molecule has 0 amide bonds. The van der Waals surface area contributed by atoms with Crippen molar-refractivity contribution in [2.75, 3.05) is 17.3 Å². The number of nitrogens with one attached hydrogen (secondary N) is 1. The Balaban J connectivity index is 2.28. The van der Waals surface area contributed by atoms with Gasteiger partial charge in [0.2, 0.25) is 0 Å². The second-order valence-electron chi connectivity index (χ2n) is 3.89. The third kappa shape index (κ3) is 2.55. The molecule has 1 heterocycles. The molecule has 5 nitrogen and oxygen atoms in total. The normalized spacial score (nSPS) is 9.61. The van der Waals surface area contributed by atoms with Crippen LogP contribution in [0.3, 0.4) is 0 Å². The van der Waals surface area contributed by atoms with E-state index >= 15 is 0 Å². The molecular formula is C13H13N5. The van der Waals surface area contributed by atoms with Crippen molar-refractivity contribution in [1.82, 2.24) is 9.97 Å². The van der Waals surface area contributed by atoms with Gasteiger partial charge < -0.3 is 4.90 Å². The lowest BCUT2D eigenvalue weighted by Crippen LogP contribution is -2.11. The van der Waals surface area contributed by atoms with E-state index in [1.165, 1.54) is 11.9 Å². The second kappa shape index (κ2) is 5.15. The molecule has 90 valence electrons. The highest BCUT2D eigenvalue weighted by Gasteiger charge is 2.06. The molecule has 0 spiro atoms. The zero-order valence-corrected chi connectivity index (χ0v) is 10.3. The Hall–Kier alpha value is -2.61. The van der Waals surface area contributed by atoms with Crippen molar-refractivity contribution >= 4 is 17.3 Å². The van der Waals surface area contributed by atoms with Gasteiger partial charge in [0, 0.05) is 18.8 Å². The average molecular weight is 239 g/mol. The van der Waals surface area contributed by atoms with Crippen molar-refractivity contribution in [2.24, 2.45) is 0 Å². The minimum absolute atomic E-state index is 0.487. The van der Waals surface area contributed by atoms with E-state index in [1.807, 2.05) is 49.3 Å². The first kappa shape index (κ1) is 11.9. The van der Waals surface area contributed by atoms with Crippen LogP contribution in [-0.2, 0) is 0 Å². The number of hydrogen-bond donors (Lipinski definition) is 1. The van der Waals surface area contributed by atoms with E-state index < -0.39 is 0 Å². The SMILES string of the molecule is Cc1ccc(N(C)c2cc(NC#N)ncn2)cc1. The molecule has 5 heteroatoms. The molecule has 0 atom stereocenters. The fraction of sp³-hybridized carbons (Fsp3) is 0.154. The Bertz CT molecular complexity index is 571. The molecule has 0 fully saturated rings. The van der Waals surface area contributed by atoms with Crippen molar-refractivity contribution in [3.05, 3.63) is 42.2 Å². The van der Waals surface area contributed by atoms with Crippen LogP contribution in [-0.4, -0.2) is 17.0 Å². The van der Waals surface area contributed by atoms with E-state index in [0.29, 0.717) is 5.82 Å². The summed E-state index contributed by atoms with van der Waals surface area (Å²) < 4.78 is 0. The summed E-state index contributed by atoms with van der Waals surface area (Å²) in [6.45, 7) is 2.05. The van der Waals surface area contributed by atoms with Crippen molar-refractivity contribution < 1.29 is 0 Å². The molecule has 2 aromatic rings. The van der Waals surface area contributed by atoms with Crippen molar-refractivity contribution in [2.45, 2.75) is 6.92 Å². The van der Waals surface area contributed by atoms with Crippen LogP contribution in [0.5, 0.6) is 0 Å². The molecule has 0 radical (unpaired) electrons. The minimum atomic E-state index is 0.487.